The lowest BCUT2D eigenvalue weighted by molar-refractivity contribution is -0.117. The van der Waals surface area contributed by atoms with E-state index in [1.807, 2.05) is 6.92 Å². The zero-order chi connectivity index (χ0) is 15.7. The third-order valence-electron chi connectivity index (χ3n) is 3.55. The van der Waals surface area contributed by atoms with E-state index in [0.29, 0.717) is 23.7 Å². The first-order chi connectivity index (χ1) is 9.81. The Labute approximate surface area is 131 Å². The van der Waals surface area contributed by atoms with Crippen LogP contribution in [0.3, 0.4) is 0 Å². The van der Waals surface area contributed by atoms with Gasteiger partial charge in [0, 0.05) is 30.5 Å². The lowest BCUT2D eigenvalue weighted by atomic mass is 10.1. The molecule has 1 aromatic heterocycles. The number of hydrogen-bond donors (Lipinski definition) is 1. The van der Waals surface area contributed by atoms with E-state index in [0.717, 1.165) is 10.4 Å². The van der Waals surface area contributed by atoms with Crippen molar-refractivity contribution in [1.82, 2.24) is 0 Å². The van der Waals surface area contributed by atoms with Crippen molar-refractivity contribution < 1.29 is 19.5 Å². The molecule has 1 fully saturated rings. The van der Waals surface area contributed by atoms with Gasteiger partial charge in [-0.1, -0.05) is 11.8 Å². The molecule has 1 aromatic rings. The van der Waals surface area contributed by atoms with Crippen molar-refractivity contribution in [2.75, 3.05) is 17.2 Å². The van der Waals surface area contributed by atoms with Gasteiger partial charge in [-0.15, -0.1) is 11.3 Å². The summed E-state index contributed by atoms with van der Waals surface area (Å²) >= 11 is 2.56. The molecule has 0 saturated carbocycles. The highest BCUT2D eigenvalue weighted by Gasteiger charge is 2.35. The molecule has 1 N–H and O–H groups in total. The minimum Gasteiger partial charge on any atom is -0.478 e. The SMILES string of the molecule is CC(=O)SCC1CC(=O)N(c2sc(C)c(C)c2C(=O)O)C1. The first-order valence-corrected chi connectivity index (χ1v) is 8.38. The van der Waals surface area contributed by atoms with Gasteiger partial charge in [-0.25, -0.2) is 4.79 Å². The number of hydrogen-bond acceptors (Lipinski definition) is 5. The lowest BCUT2D eigenvalue weighted by Gasteiger charge is -2.15. The third-order valence-corrected chi connectivity index (χ3v) is 5.83. The van der Waals surface area contributed by atoms with E-state index in [4.69, 9.17) is 0 Å². The van der Waals surface area contributed by atoms with Gasteiger partial charge in [0.15, 0.2) is 5.12 Å². The normalized spacial score (nSPS) is 18.3. The van der Waals surface area contributed by atoms with Crippen LogP contribution in [0, 0.1) is 19.8 Å². The molecule has 0 bridgehead atoms. The Bertz CT molecular complexity index is 608. The Balaban J connectivity index is 2.23. The Morgan fingerprint density at radius 2 is 2.10 bits per heavy atom. The predicted octanol–water partition coefficient (Wildman–Crippen LogP) is 2.70. The second kappa shape index (κ2) is 6.19. The Hall–Kier alpha value is -1.34. The third kappa shape index (κ3) is 3.29. The molecule has 5 nitrogen and oxygen atoms in total. The van der Waals surface area contributed by atoms with Crippen molar-refractivity contribution in [3.8, 4) is 0 Å². The van der Waals surface area contributed by atoms with Gasteiger partial charge in [0.1, 0.15) is 5.00 Å². The highest BCUT2D eigenvalue weighted by molar-refractivity contribution is 8.13. The summed E-state index contributed by atoms with van der Waals surface area (Å²) in [6, 6.07) is 0. The van der Waals surface area contributed by atoms with Crippen LogP contribution < -0.4 is 4.90 Å². The first kappa shape index (κ1) is 16.0. The van der Waals surface area contributed by atoms with Crippen LogP contribution in [0.4, 0.5) is 5.00 Å². The topological polar surface area (TPSA) is 74.7 Å². The monoisotopic (exact) mass is 327 g/mol. The standard InChI is InChI=1S/C14H17NO4S2/c1-7-8(2)21-13(12(7)14(18)19)15-5-10(4-11(15)17)6-20-9(3)16/h10H,4-6H2,1-3H3,(H,18,19). The highest BCUT2D eigenvalue weighted by atomic mass is 32.2. The largest absolute Gasteiger partial charge is 0.478 e. The number of carboxylic acid groups (broad SMARTS) is 1. The maximum Gasteiger partial charge on any atom is 0.339 e. The summed E-state index contributed by atoms with van der Waals surface area (Å²) in [5, 5.41) is 9.93. The number of aryl methyl sites for hydroxylation is 1. The average Bonchev–Trinajstić information content (AvgIpc) is 2.88. The van der Waals surface area contributed by atoms with Crippen molar-refractivity contribution in [2.45, 2.75) is 27.2 Å². The molecule has 2 heterocycles. The van der Waals surface area contributed by atoms with Crippen molar-refractivity contribution in [3.05, 3.63) is 16.0 Å². The number of thioether (sulfide) groups is 1. The van der Waals surface area contributed by atoms with E-state index in [1.165, 1.54) is 30.0 Å². The number of carboxylic acids is 1. The van der Waals surface area contributed by atoms with Gasteiger partial charge in [0.2, 0.25) is 5.91 Å². The maximum absolute atomic E-state index is 12.2. The highest BCUT2D eigenvalue weighted by Crippen LogP contribution is 2.38. The van der Waals surface area contributed by atoms with Gasteiger partial charge in [0.25, 0.3) is 0 Å². The van der Waals surface area contributed by atoms with Gasteiger partial charge < -0.3 is 10.0 Å². The number of carbonyl (C=O) groups excluding carboxylic acids is 2. The first-order valence-electron chi connectivity index (χ1n) is 6.58. The van der Waals surface area contributed by atoms with Gasteiger partial charge in [-0.3, -0.25) is 9.59 Å². The van der Waals surface area contributed by atoms with Crippen LogP contribution >= 0.6 is 23.1 Å². The van der Waals surface area contributed by atoms with Crippen molar-refractivity contribution in [2.24, 2.45) is 5.92 Å². The average molecular weight is 327 g/mol. The van der Waals surface area contributed by atoms with Crippen molar-refractivity contribution >= 4 is 45.1 Å². The summed E-state index contributed by atoms with van der Waals surface area (Å²) in [7, 11) is 0. The van der Waals surface area contributed by atoms with Crippen LogP contribution in [0.1, 0.15) is 34.1 Å². The predicted molar refractivity (Wildman–Crippen MR) is 84.4 cm³/mol. The van der Waals surface area contributed by atoms with E-state index >= 15 is 0 Å². The lowest BCUT2D eigenvalue weighted by Crippen LogP contribution is -2.25. The Kier molecular flexibility index (Phi) is 4.73. The number of carbonyl (C=O) groups is 3. The fourth-order valence-corrected chi connectivity index (χ4v) is 4.24. The molecular formula is C14H17NO4S2. The Morgan fingerprint density at radius 1 is 1.43 bits per heavy atom. The number of amides is 1. The molecule has 1 amide bonds. The quantitative estimate of drug-likeness (QED) is 0.920. The van der Waals surface area contributed by atoms with E-state index in [2.05, 4.69) is 0 Å². The van der Waals surface area contributed by atoms with Crippen LogP contribution in [0.2, 0.25) is 0 Å². The van der Waals surface area contributed by atoms with Crippen LogP contribution in [0.15, 0.2) is 0 Å². The number of anilines is 1. The van der Waals surface area contributed by atoms with Crippen LogP contribution in [-0.2, 0) is 9.59 Å². The van der Waals surface area contributed by atoms with E-state index in [-0.39, 0.29) is 22.5 Å². The van der Waals surface area contributed by atoms with Crippen molar-refractivity contribution in [3.63, 3.8) is 0 Å². The second-order valence-electron chi connectivity index (χ2n) is 5.15. The Morgan fingerprint density at radius 3 is 2.67 bits per heavy atom. The fraction of sp³-hybridized carbons (Fsp3) is 0.500. The fourth-order valence-electron chi connectivity index (χ4n) is 2.38. The molecule has 1 atom stereocenters. The van der Waals surface area contributed by atoms with Crippen LogP contribution in [0.25, 0.3) is 0 Å². The minimum absolute atomic E-state index is 0.0370. The molecule has 0 radical (unpaired) electrons. The number of rotatable bonds is 4. The van der Waals surface area contributed by atoms with E-state index in [1.54, 1.807) is 11.8 Å². The molecule has 0 aliphatic carbocycles. The second-order valence-corrected chi connectivity index (χ2v) is 7.55. The molecule has 7 heteroatoms. The van der Waals surface area contributed by atoms with Gasteiger partial charge >= 0.3 is 5.97 Å². The minimum atomic E-state index is -0.999. The molecule has 21 heavy (non-hydrogen) atoms. The summed E-state index contributed by atoms with van der Waals surface area (Å²) in [5.41, 5.74) is 0.947. The molecule has 1 unspecified atom stereocenters. The molecule has 114 valence electrons. The summed E-state index contributed by atoms with van der Waals surface area (Å²) in [6.45, 7) is 5.62. The van der Waals surface area contributed by atoms with Crippen LogP contribution in [-0.4, -0.2) is 34.4 Å². The van der Waals surface area contributed by atoms with Gasteiger partial charge in [-0.2, -0.15) is 0 Å². The number of thiophene rings is 1. The summed E-state index contributed by atoms with van der Waals surface area (Å²) in [4.78, 5) is 37.1. The summed E-state index contributed by atoms with van der Waals surface area (Å²) in [5.74, 6) is -0.367. The molecule has 1 saturated heterocycles. The molecule has 0 aromatic carbocycles. The summed E-state index contributed by atoms with van der Waals surface area (Å²) in [6.07, 6.45) is 0.370. The molecular weight excluding hydrogens is 310 g/mol. The molecule has 1 aliphatic heterocycles. The summed E-state index contributed by atoms with van der Waals surface area (Å²) < 4.78 is 0. The van der Waals surface area contributed by atoms with Crippen molar-refractivity contribution in [1.29, 1.82) is 0 Å². The number of aromatic carboxylic acids is 1. The smallest absolute Gasteiger partial charge is 0.339 e. The molecule has 2 rings (SSSR count). The number of nitrogens with zero attached hydrogens (tertiary/aromatic N) is 1. The van der Waals surface area contributed by atoms with Gasteiger partial charge in [-0.05, 0) is 25.3 Å². The molecule has 0 spiro atoms. The van der Waals surface area contributed by atoms with Gasteiger partial charge in [0.05, 0.1) is 5.56 Å². The molecule has 1 aliphatic rings. The zero-order valence-corrected chi connectivity index (χ0v) is 13.8. The van der Waals surface area contributed by atoms with E-state index in [9.17, 15) is 19.5 Å². The maximum atomic E-state index is 12.2. The zero-order valence-electron chi connectivity index (χ0n) is 12.1. The van der Waals surface area contributed by atoms with Crippen LogP contribution in [0.5, 0.6) is 0 Å². The van der Waals surface area contributed by atoms with E-state index < -0.39 is 5.97 Å².